The van der Waals surface area contributed by atoms with E-state index in [2.05, 4.69) is 45.4 Å². The number of aryl methyl sites for hydroxylation is 1. The lowest BCUT2D eigenvalue weighted by Gasteiger charge is -2.19. The van der Waals surface area contributed by atoms with E-state index < -0.39 is 0 Å². The molecule has 0 unspecified atom stereocenters. The summed E-state index contributed by atoms with van der Waals surface area (Å²) in [6.07, 6.45) is 5.55. The molecule has 0 saturated heterocycles. The Kier molecular flexibility index (Phi) is 4.20. The molecule has 0 amide bonds. The van der Waals surface area contributed by atoms with Crippen molar-refractivity contribution in [1.29, 1.82) is 0 Å². The molecule has 0 atom stereocenters. The summed E-state index contributed by atoms with van der Waals surface area (Å²) in [6.45, 7) is 2.82. The number of aromatic nitrogens is 2. The van der Waals surface area contributed by atoms with Crippen LogP contribution in [-0.2, 0) is 6.54 Å². The van der Waals surface area contributed by atoms with Gasteiger partial charge in [-0.15, -0.1) is 11.8 Å². The molecule has 1 aromatic heterocycles. The van der Waals surface area contributed by atoms with Crippen LogP contribution in [0.5, 0.6) is 0 Å². The molecule has 0 N–H and O–H groups in total. The first-order valence-electron chi connectivity index (χ1n) is 5.82. The van der Waals surface area contributed by atoms with Gasteiger partial charge in [-0.3, -0.25) is 4.98 Å². The van der Waals surface area contributed by atoms with Gasteiger partial charge in [-0.2, -0.15) is 0 Å². The smallest absolute Gasteiger partial charge is 0.150 e. The molecule has 2 aromatic rings. The number of anilines is 1. The van der Waals surface area contributed by atoms with Crippen LogP contribution in [0.25, 0.3) is 0 Å². The molecule has 0 fully saturated rings. The maximum atomic E-state index is 4.38. The lowest BCUT2D eigenvalue weighted by molar-refractivity contribution is 0.875. The number of thioether (sulfide) groups is 1. The Bertz CT molecular complexity index is 528. The topological polar surface area (TPSA) is 29.0 Å². The average Bonchev–Trinajstić information content (AvgIpc) is 2.39. The molecular weight excluding hydrogens is 242 g/mol. The Morgan fingerprint density at radius 2 is 2.00 bits per heavy atom. The summed E-state index contributed by atoms with van der Waals surface area (Å²) in [7, 11) is 2.04. The first kappa shape index (κ1) is 12.9. The molecule has 94 valence electrons. The standard InChI is InChI=1S/C14H17N3S/c1-11-14(16-8-7-15-11)17(2)10-12-5-4-6-13(9-12)18-3/h4-9H,10H2,1-3H3. The van der Waals surface area contributed by atoms with Gasteiger partial charge in [0.1, 0.15) is 5.82 Å². The Balaban J connectivity index is 2.16. The average molecular weight is 259 g/mol. The minimum Gasteiger partial charge on any atom is -0.354 e. The molecule has 18 heavy (non-hydrogen) atoms. The lowest BCUT2D eigenvalue weighted by atomic mass is 10.2. The van der Waals surface area contributed by atoms with Crippen molar-refractivity contribution in [3.8, 4) is 0 Å². The number of benzene rings is 1. The van der Waals surface area contributed by atoms with Crippen molar-refractivity contribution in [3.63, 3.8) is 0 Å². The lowest BCUT2D eigenvalue weighted by Crippen LogP contribution is -2.19. The Morgan fingerprint density at radius 3 is 2.72 bits per heavy atom. The van der Waals surface area contributed by atoms with E-state index in [1.54, 1.807) is 24.2 Å². The molecular formula is C14H17N3S. The van der Waals surface area contributed by atoms with Gasteiger partial charge in [-0.25, -0.2) is 4.98 Å². The zero-order valence-electron chi connectivity index (χ0n) is 10.9. The fourth-order valence-electron chi connectivity index (χ4n) is 1.89. The Hall–Kier alpha value is -1.55. The monoisotopic (exact) mass is 259 g/mol. The third-order valence-corrected chi connectivity index (χ3v) is 3.50. The molecule has 1 heterocycles. The normalized spacial score (nSPS) is 10.4. The van der Waals surface area contributed by atoms with Crippen molar-refractivity contribution in [2.45, 2.75) is 18.4 Å². The van der Waals surface area contributed by atoms with Crippen molar-refractivity contribution >= 4 is 17.6 Å². The highest BCUT2D eigenvalue weighted by Gasteiger charge is 2.07. The van der Waals surface area contributed by atoms with E-state index in [4.69, 9.17) is 0 Å². The van der Waals surface area contributed by atoms with Crippen LogP contribution in [0.4, 0.5) is 5.82 Å². The summed E-state index contributed by atoms with van der Waals surface area (Å²) in [5.74, 6) is 0.937. The van der Waals surface area contributed by atoms with Gasteiger partial charge in [0.05, 0.1) is 5.69 Å². The molecule has 0 aliphatic carbocycles. The highest BCUT2D eigenvalue weighted by atomic mass is 32.2. The largest absolute Gasteiger partial charge is 0.354 e. The Labute approximate surface area is 112 Å². The van der Waals surface area contributed by atoms with Crippen LogP contribution in [-0.4, -0.2) is 23.3 Å². The van der Waals surface area contributed by atoms with Gasteiger partial charge in [0.15, 0.2) is 0 Å². The summed E-state index contributed by atoms with van der Waals surface area (Å²) in [5, 5.41) is 0. The highest BCUT2D eigenvalue weighted by molar-refractivity contribution is 7.98. The summed E-state index contributed by atoms with van der Waals surface area (Å²) < 4.78 is 0. The molecule has 4 heteroatoms. The van der Waals surface area contributed by atoms with Crippen molar-refractivity contribution < 1.29 is 0 Å². The minimum atomic E-state index is 0.841. The van der Waals surface area contributed by atoms with Gasteiger partial charge in [0, 0.05) is 30.9 Å². The summed E-state index contributed by atoms with van der Waals surface area (Å²) in [5.41, 5.74) is 2.25. The molecule has 3 nitrogen and oxygen atoms in total. The fraction of sp³-hybridized carbons (Fsp3) is 0.286. The second kappa shape index (κ2) is 5.87. The number of rotatable bonds is 4. The SMILES string of the molecule is CSc1cccc(CN(C)c2nccnc2C)c1. The summed E-state index contributed by atoms with van der Waals surface area (Å²) in [4.78, 5) is 12.1. The number of nitrogens with zero attached hydrogens (tertiary/aromatic N) is 3. The second-order valence-corrected chi connectivity index (χ2v) is 5.05. The van der Waals surface area contributed by atoms with E-state index in [0.717, 1.165) is 18.1 Å². The van der Waals surface area contributed by atoms with Crippen LogP contribution < -0.4 is 4.90 Å². The molecule has 2 rings (SSSR count). The maximum Gasteiger partial charge on any atom is 0.150 e. The molecule has 0 aliphatic heterocycles. The van der Waals surface area contributed by atoms with Gasteiger partial charge < -0.3 is 4.90 Å². The van der Waals surface area contributed by atoms with Crippen LogP contribution in [0.3, 0.4) is 0 Å². The molecule has 0 bridgehead atoms. The maximum absolute atomic E-state index is 4.38. The number of hydrogen-bond donors (Lipinski definition) is 0. The van der Waals surface area contributed by atoms with Crippen LogP contribution >= 0.6 is 11.8 Å². The molecule has 0 radical (unpaired) electrons. The summed E-state index contributed by atoms with van der Waals surface area (Å²) >= 11 is 1.76. The first-order valence-corrected chi connectivity index (χ1v) is 7.05. The van der Waals surface area contributed by atoms with Gasteiger partial charge in [-0.05, 0) is 30.9 Å². The zero-order valence-corrected chi connectivity index (χ0v) is 11.7. The van der Waals surface area contributed by atoms with E-state index in [1.165, 1.54) is 10.5 Å². The number of hydrogen-bond acceptors (Lipinski definition) is 4. The van der Waals surface area contributed by atoms with Crippen molar-refractivity contribution in [3.05, 3.63) is 47.9 Å². The van der Waals surface area contributed by atoms with E-state index in [-0.39, 0.29) is 0 Å². The predicted molar refractivity (Wildman–Crippen MR) is 77.1 cm³/mol. The molecule has 0 spiro atoms. The third kappa shape index (κ3) is 3.01. The Morgan fingerprint density at radius 1 is 1.22 bits per heavy atom. The molecule has 0 saturated carbocycles. The molecule has 1 aromatic carbocycles. The van der Waals surface area contributed by atoms with Crippen molar-refractivity contribution in [1.82, 2.24) is 9.97 Å². The van der Waals surface area contributed by atoms with Crippen LogP contribution in [0.2, 0.25) is 0 Å². The minimum absolute atomic E-state index is 0.841. The van der Waals surface area contributed by atoms with Crippen LogP contribution in [0.1, 0.15) is 11.3 Å². The van der Waals surface area contributed by atoms with Crippen LogP contribution in [0, 0.1) is 6.92 Å². The van der Waals surface area contributed by atoms with Gasteiger partial charge in [-0.1, -0.05) is 12.1 Å². The quantitative estimate of drug-likeness (QED) is 0.789. The van der Waals surface area contributed by atoms with E-state index in [1.807, 2.05) is 14.0 Å². The second-order valence-electron chi connectivity index (χ2n) is 4.17. The van der Waals surface area contributed by atoms with Crippen molar-refractivity contribution in [2.24, 2.45) is 0 Å². The fourth-order valence-corrected chi connectivity index (χ4v) is 2.38. The van der Waals surface area contributed by atoms with Crippen molar-refractivity contribution in [2.75, 3.05) is 18.2 Å². The van der Waals surface area contributed by atoms with E-state index in [0.29, 0.717) is 0 Å². The van der Waals surface area contributed by atoms with Gasteiger partial charge in [0.2, 0.25) is 0 Å². The third-order valence-electron chi connectivity index (χ3n) is 2.77. The zero-order chi connectivity index (χ0) is 13.0. The highest BCUT2D eigenvalue weighted by Crippen LogP contribution is 2.19. The van der Waals surface area contributed by atoms with Crippen LogP contribution in [0.15, 0.2) is 41.6 Å². The summed E-state index contributed by atoms with van der Waals surface area (Å²) in [6, 6.07) is 8.58. The molecule has 0 aliphatic rings. The predicted octanol–water partition coefficient (Wildman–Crippen LogP) is 3.14. The van der Waals surface area contributed by atoms with Gasteiger partial charge >= 0.3 is 0 Å². The van der Waals surface area contributed by atoms with E-state index >= 15 is 0 Å². The van der Waals surface area contributed by atoms with E-state index in [9.17, 15) is 0 Å². The first-order chi connectivity index (χ1) is 8.70. The van der Waals surface area contributed by atoms with Gasteiger partial charge in [0.25, 0.3) is 0 Å².